The third-order valence-electron chi connectivity index (χ3n) is 3.01. The topological polar surface area (TPSA) is 128 Å². The predicted molar refractivity (Wildman–Crippen MR) is 81.1 cm³/mol. The van der Waals surface area contributed by atoms with E-state index in [9.17, 15) is 28.0 Å². The average molecular weight is 357 g/mol. The fraction of sp³-hybridized carbons (Fsp3) is 0.333. The van der Waals surface area contributed by atoms with Crippen molar-refractivity contribution in [3.8, 4) is 0 Å². The molecule has 1 aromatic carbocycles. The Morgan fingerprint density at radius 2 is 1.72 bits per heavy atom. The summed E-state index contributed by atoms with van der Waals surface area (Å²) in [5, 5.41) is 3.85. The third kappa shape index (κ3) is 5.83. The smallest absolute Gasteiger partial charge is 0.329 e. The minimum Gasteiger partial charge on any atom is -0.454 e. The Morgan fingerprint density at radius 1 is 1.16 bits per heavy atom. The number of carbonyl (C=O) groups is 4. The van der Waals surface area contributed by atoms with E-state index in [4.69, 9.17) is 5.73 Å². The highest BCUT2D eigenvalue weighted by Crippen LogP contribution is 2.13. The van der Waals surface area contributed by atoms with Gasteiger partial charge in [-0.1, -0.05) is 19.9 Å². The van der Waals surface area contributed by atoms with Crippen molar-refractivity contribution in [2.24, 2.45) is 11.7 Å². The first-order valence-corrected chi connectivity index (χ1v) is 7.14. The Morgan fingerprint density at radius 3 is 2.20 bits per heavy atom. The summed E-state index contributed by atoms with van der Waals surface area (Å²) < 4.78 is 31.9. The first-order chi connectivity index (χ1) is 11.6. The Labute approximate surface area is 141 Å². The van der Waals surface area contributed by atoms with Crippen LogP contribution in [0.3, 0.4) is 0 Å². The second-order valence-corrected chi connectivity index (χ2v) is 5.31. The van der Waals surface area contributed by atoms with E-state index < -0.39 is 59.6 Å². The van der Waals surface area contributed by atoms with Gasteiger partial charge in [0.15, 0.2) is 6.61 Å². The molecule has 0 radical (unpaired) electrons. The van der Waals surface area contributed by atoms with Gasteiger partial charge in [0.05, 0.1) is 0 Å². The third-order valence-corrected chi connectivity index (χ3v) is 3.01. The van der Waals surface area contributed by atoms with E-state index in [0.717, 1.165) is 18.2 Å². The highest BCUT2D eigenvalue weighted by molar-refractivity contribution is 5.98. The molecule has 1 rings (SSSR count). The molecule has 0 aliphatic carbocycles. The molecule has 0 aliphatic rings. The van der Waals surface area contributed by atoms with Gasteiger partial charge in [-0.15, -0.1) is 0 Å². The lowest BCUT2D eigenvalue weighted by Gasteiger charge is -2.21. The number of benzene rings is 1. The summed E-state index contributed by atoms with van der Waals surface area (Å²) in [6, 6.07) is 0.495. The lowest BCUT2D eigenvalue weighted by Crippen LogP contribution is -2.47. The van der Waals surface area contributed by atoms with Crippen molar-refractivity contribution in [2.45, 2.75) is 19.9 Å². The van der Waals surface area contributed by atoms with E-state index in [1.807, 2.05) is 0 Å². The number of hydrogen-bond donors (Lipinski definition) is 3. The van der Waals surface area contributed by atoms with Crippen LogP contribution < -0.4 is 16.4 Å². The number of hydrogen-bond acceptors (Lipinski definition) is 5. The van der Waals surface area contributed by atoms with E-state index in [1.54, 1.807) is 19.2 Å². The molecule has 4 N–H and O–H groups in total. The van der Waals surface area contributed by atoms with Crippen LogP contribution in [0.2, 0.25) is 0 Å². The number of imide groups is 1. The first kappa shape index (κ1) is 20.0. The Bertz CT molecular complexity index is 673. The van der Waals surface area contributed by atoms with E-state index >= 15 is 0 Å². The average Bonchev–Trinajstić information content (AvgIpc) is 2.49. The standard InChI is InChI=1S/C15H17F2N3O5/c1-7(2)12(14(23)25-6-10(21)19-15(18)24)20-13(22)11-8(16)4-3-5-9(11)17/h3-5,7,12H,6H2,1-2H3,(H,20,22)(H3,18,19,21,24)/t12-/m1/s1. The molecule has 0 aliphatic heterocycles. The number of nitrogens with two attached hydrogens (primary N) is 1. The van der Waals surface area contributed by atoms with Crippen LogP contribution in [-0.4, -0.2) is 36.5 Å². The highest BCUT2D eigenvalue weighted by atomic mass is 19.1. The zero-order valence-corrected chi connectivity index (χ0v) is 13.5. The number of nitrogens with one attached hydrogen (secondary N) is 2. The molecule has 25 heavy (non-hydrogen) atoms. The van der Waals surface area contributed by atoms with E-state index in [0.29, 0.717) is 0 Å². The summed E-state index contributed by atoms with van der Waals surface area (Å²) in [6.45, 7) is 2.29. The molecular formula is C15H17F2N3O5. The maximum absolute atomic E-state index is 13.6. The van der Waals surface area contributed by atoms with Gasteiger partial charge in [-0.25, -0.2) is 18.4 Å². The zero-order valence-electron chi connectivity index (χ0n) is 13.5. The van der Waals surface area contributed by atoms with Crippen LogP contribution in [0, 0.1) is 17.6 Å². The number of ether oxygens (including phenoxy) is 1. The Hall–Kier alpha value is -3.04. The van der Waals surface area contributed by atoms with Gasteiger partial charge in [-0.3, -0.25) is 14.9 Å². The Kier molecular flexibility index (Phi) is 6.97. The number of esters is 1. The maximum atomic E-state index is 13.6. The minimum atomic E-state index is -1.27. The van der Waals surface area contributed by atoms with E-state index in [1.165, 1.54) is 0 Å². The van der Waals surface area contributed by atoms with Crippen molar-refractivity contribution >= 4 is 23.8 Å². The predicted octanol–water partition coefficient (Wildman–Crippen LogP) is 0.457. The summed E-state index contributed by atoms with van der Waals surface area (Å²) in [6.07, 6.45) is 0. The van der Waals surface area contributed by atoms with Crippen molar-refractivity contribution < 1.29 is 32.7 Å². The number of urea groups is 1. The number of primary amides is 1. The molecular weight excluding hydrogens is 340 g/mol. The van der Waals surface area contributed by atoms with E-state index in [2.05, 4.69) is 10.1 Å². The van der Waals surface area contributed by atoms with Crippen molar-refractivity contribution in [3.05, 3.63) is 35.4 Å². The lowest BCUT2D eigenvalue weighted by molar-refractivity contribution is -0.151. The SMILES string of the molecule is CC(C)[C@@H](NC(=O)c1c(F)cccc1F)C(=O)OCC(=O)NC(N)=O. The van der Waals surface area contributed by atoms with Gasteiger partial charge < -0.3 is 15.8 Å². The molecule has 10 heteroatoms. The van der Waals surface area contributed by atoms with E-state index in [-0.39, 0.29) is 0 Å². The summed E-state index contributed by atoms with van der Waals surface area (Å²) in [5.41, 5.74) is 3.89. The molecule has 8 nitrogen and oxygen atoms in total. The van der Waals surface area contributed by atoms with Crippen LogP contribution in [0.5, 0.6) is 0 Å². The first-order valence-electron chi connectivity index (χ1n) is 7.14. The molecule has 0 saturated heterocycles. The quantitative estimate of drug-likeness (QED) is 0.637. The normalized spacial score (nSPS) is 11.6. The second kappa shape index (κ2) is 8.71. The fourth-order valence-electron chi connectivity index (χ4n) is 1.83. The molecule has 0 aromatic heterocycles. The van der Waals surface area contributed by atoms with Gasteiger partial charge in [0, 0.05) is 0 Å². The van der Waals surface area contributed by atoms with Crippen LogP contribution in [0.4, 0.5) is 13.6 Å². The van der Waals surface area contributed by atoms with Crippen molar-refractivity contribution in [2.75, 3.05) is 6.61 Å². The second-order valence-electron chi connectivity index (χ2n) is 5.31. The Balaban J connectivity index is 2.80. The molecule has 136 valence electrons. The van der Waals surface area contributed by atoms with Crippen molar-refractivity contribution in [3.63, 3.8) is 0 Å². The molecule has 0 bridgehead atoms. The maximum Gasteiger partial charge on any atom is 0.329 e. The zero-order chi connectivity index (χ0) is 19.1. The summed E-state index contributed by atoms with van der Waals surface area (Å²) in [5.74, 6) is -5.81. The molecule has 0 unspecified atom stereocenters. The molecule has 4 amide bonds. The van der Waals surface area contributed by atoms with Gasteiger partial charge in [-0.05, 0) is 18.1 Å². The minimum absolute atomic E-state index is 0.509. The molecule has 0 saturated carbocycles. The highest BCUT2D eigenvalue weighted by Gasteiger charge is 2.29. The molecule has 0 fully saturated rings. The van der Waals surface area contributed by atoms with Crippen LogP contribution >= 0.6 is 0 Å². The van der Waals surface area contributed by atoms with Crippen LogP contribution in [0.15, 0.2) is 18.2 Å². The number of amides is 4. The molecule has 0 spiro atoms. The summed E-state index contributed by atoms with van der Waals surface area (Å²) in [7, 11) is 0. The lowest BCUT2D eigenvalue weighted by atomic mass is 10.0. The van der Waals surface area contributed by atoms with Gasteiger partial charge in [0.2, 0.25) is 0 Å². The monoisotopic (exact) mass is 357 g/mol. The van der Waals surface area contributed by atoms with Crippen LogP contribution in [0.25, 0.3) is 0 Å². The van der Waals surface area contributed by atoms with Gasteiger partial charge in [0.25, 0.3) is 11.8 Å². The van der Waals surface area contributed by atoms with Crippen molar-refractivity contribution in [1.82, 2.24) is 10.6 Å². The molecule has 1 aromatic rings. The van der Waals surface area contributed by atoms with Crippen molar-refractivity contribution in [1.29, 1.82) is 0 Å². The number of carbonyl (C=O) groups excluding carboxylic acids is 4. The summed E-state index contributed by atoms with van der Waals surface area (Å²) in [4.78, 5) is 45.7. The van der Waals surface area contributed by atoms with Gasteiger partial charge >= 0.3 is 12.0 Å². The molecule has 0 heterocycles. The van der Waals surface area contributed by atoms with Gasteiger partial charge in [-0.2, -0.15) is 0 Å². The number of rotatable bonds is 6. The largest absolute Gasteiger partial charge is 0.454 e. The molecule has 1 atom stereocenters. The number of halogens is 2. The fourth-order valence-corrected chi connectivity index (χ4v) is 1.83. The van der Waals surface area contributed by atoms with Crippen LogP contribution in [-0.2, 0) is 14.3 Å². The van der Waals surface area contributed by atoms with Crippen LogP contribution in [0.1, 0.15) is 24.2 Å². The van der Waals surface area contributed by atoms with Gasteiger partial charge in [0.1, 0.15) is 23.2 Å². The summed E-state index contributed by atoms with van der Waals surface area (Å²) >= 11 is 0.